The largest absolute Gasteiger partial charge is 0.416 e. The summed E-state index contributed by atoms with van der Waals surface area (Å²) in [5, 5.41) is 7.28. The van der Waals surface area contributed by atoms with E-state index in [2.05, 4.69) is 10.2 Å². The zero-order valence-electron chi connectivity index (χ0n) is 17.0. The van der Waals surface area contributed by atoms with Crippen LogP contribution in [-0.2, 0) is 6.18 Å². The number of rotatable bonds is 2. The number of piperazine rings is 1. The molecule has 1 N–H and O–H groups in total. The van der Waals surface area contributed by atoms with Crippen molar-refractivity contribution in [2.75, 3.05) is 18.0 Å². The van der Waals surface area contributed by atoms with Crippen molar-refractivity contribution in [3.05, 3.63) is 70.1 Å². The number of anilines is 1. The van der Waals surface area contributed by atoms with Gasteiger partial charge in [0.1, 0.15) is 0 Å². The van der Waals surface area contributed by atoms with Crippen molar-refractivity contribution in [3.63, 3.8) is 0 Å². The average molecular weight is 430 g/mol. The summed E-state index contributed by atoms with van der Waals surface area (Å²) in [6, 6.07) is 11.4. The fourth-order valence-corrected chi connectivity index (χ4v) is 4.20. The third kappa shape index (κ3) is 3.87. The van der Waals surface area contributed by atoms with Gasteiger partial charge in [0.15, 0.2) is 5.69 Å². The number of hydrogen-bond donors (Lipinski definition) is 1. The minimum absolute atomic E-state index is 0.178. The molecule has 31 heavy (non-hydrogen) atoms. The highest BCUT2D eigenvalue weighted by Gasteiger charge is 2.35. The lowest BCUT2D eigenvalue weighted by molar-refractivity contribution is -0.137. The highest BCUT2D eigenvalue weighted by Crippen LogP contribution is 2.31. The monoisotopic (exact) mass is 430 g/mol. The molecule has 0 spiro atoms. The van der Waals surface area contributed by atoms with Crippen molar-refractivity contribution in [1.29, 1.82) is 0 Å². The van der Waals surface area contributed by atoms with Gasteiger partial charge in [-0.3, -0.25) is 9.59 Å². The van der Waals surface area contributed by atoms with Gasteiger partial charge in [0, 0.05) is 36.2 Å². The van der Waals surface area contributed by atoms with E-state index in [1.165, 1.54) is 12.1 Å². The summed E-state index contributed by atoms with van der Waals surface area (Å²) in [6.07, 6.45) is -4.38. The summed E-state index contributed by atoms with van der Waals surface area (Å²) in [5.74, 6) is -0.292. The molecule has 0 bridgehead atoms. The summed E-state index contributed by atoms with van der Waals surface area (Å²) in [5.41, 5.74) is -0.203. The Bertz CT molecular complexity index is 1160. The zero-order chi connectivity index (χ0) is 22.3. The summed E-state index contributed by atoms with van der Waals surface area (Å²) >= 11 is 0. The van der Waals surface area contributed by atoms with Gasteiger partial charge in [-0.25, -0.2) is 5.10 Å². The van der Waals surface area contributed by atoms with Crippen LogP contribution < -0.4 is 10.5 Å². The molecule has 9 heteroatoms. The fourth-order valence-electron chi connectivity index (χ4n) is 4.20. The summed E-state index contributed by atoms with van der Waals surface area (Å²) in [7, 11) is 0. The third-order valence-corrected chi connectivity index (χ3v) is 5.61. The van der Waals surface area contributed by atoms with Crippen molar-refractivity contribution in [2.24, 2.45) is 0 Å². The van der Waals surface area contributed by atoms with Crippen LogP contribution in [0.2, 0.25) is 0 Å². The molecule has 6 nitrogen and oxygen atoms in total. The number of fused-ring (bicyclic) bond motifs is 1. The molecule has 1 amide bonds. The predicted octanol–water partition coefficient (Wildman–Crippen LogP) is 3.68. The normalized spacial score (nSPS) is 19.6. The number of carbonyl (C=O) groups is 1. The number of alkyl halides is 3. The van der Waals surface area contributed by atoms with E-state index in [0.29, 0.717) is 29.5 Å². The van der Waals surface area contributed by atoms with E-state index in [0.717, 1.165) is 12.1 Å². The molecule has 4 rings (SSSR count). The van der Waals surface area contributed by atoms with Gasteiger partial charge in [0.2, 0.25) is 0 Å². The second kappa shape index (κ2) is 7.72. The van der Waals surface area contributed by atoms with E-state index in [-0.39, 0.29) is 29.2 Å². The zero-order valence-corrected chi connectivity index (χ0v) is 17.0. The lowest BCUT2D eigenvalue weighted by Crippen LogP contribution is -2.59. The van der Waals surface area contributed by atoms with Gasteiger partial charge < -0.3 is 9.80 Å². The van der Waals surface area contributed by atoms with Crippen molar-refractivity contribution >= 4 is 22.4 Å². The van der Waals surface area contributed by atoms with Crippen LogP contribution in [-0.4, -0.2) is 46.2 Å². The van der Waals surface area contributed by atoms with Crippen LogP contribution >= 0.6 is 0 Å². The van der Waals surface area contributed by atoms with Crippen LogP contribution in [0, 0.1) is 0 Å². The van der Waals surface area contributed by atoms with Gasteiger partial charge in [0.25, 0.3) is 11.5 Å². The first-order valence-corrected chi connectivity index (χ1v) is 9.89. The number of benzene rings is 2. The molecule has 2 heterocycles. The third-order valence-electron chi connectivity index (χ3n) is 5.61. The van der Waals surface area contributed by atoms with Crippen molar-refractivity contribution in [3.8, 4) is 0 Å². The highest BCUT2D eigenvalue weighted by molar-refractivity contribution is 6.05. The van der Waals surface area contributed by atoms with Gasteiger partial charge in [-0.1, -0.05) is 18.2 Å². The van der Waals surface area contributed by atoms with E-state index >= 15 is 0 Å². The molecule has 2 atom stereocenters. The number of nitrogens with zero attached hydrogens (tertiary/aromatic N) is 3. The maximum Gasteiger partial charge on any atom is 0.416 e. The number of hydrogen-bond acceptors (Lipinski definition) is 4. The van der Waals surface area contributed by atoms with Crippen LogP contribution in [0.25, 0.3) is 10.8 Å². The lowest BCUT2D eigenvalue weighted by Gasteiger charge is -2.45. The predicted molar refractivity (Wildman–Crippen MR) is 111 cm³/mol. The molecule has 0 aliphatic carbocycles. The van der Waals surface area contributed by atoms with E-state index in [4.69, 9.17) is 0 Å². The van der Waals surface area contributed by atoms with E-state index in [9.17, 15) is 22.8 Å². The Labute approximate surface area is 176 Å². The van der Waals surface area contributed by atoms with Gasteiger partial charge in [-0.05, 0) is 44.2 Å². The number of halogens is 3. The number of nitrogens with one attached hydrogen (secondary N) is 1. The standard InChI is InChI=1S/C22H21F3N4O2/c1-13-11-28(16-9-7-15(8-10-16)22(23,24)25)12-14(2)29(13)21(31)19-17-5-3-4-6-18(17)20(30)27-26-19/h3-10,13-14H,11-12H2,1-2H3,(H,27,30). The van der Waals surface area contributed by atoms with Crippen LogP contribution in [0.15, 0.2) is 53.3 Å². The lowest BCUT2D eigenvalue weighted by atomic mass is 10.0. The first-order valence-electron chi connectivity index (χ1n) is 9.89. The fraction of sp³-hybridized carbons (Fsp3) is 0.318. The number of carbonyl (C=O) groups excluding carboxylic acids is 1. The maximum atomic E-state index is 13.3. The minimum atomic E-state index is -4.38. The van der Waals surface area contributed by atoms with Crippen LogP contribution in [0.4, 0.5) is 18.9 Å². The smallest absolute Gasteiger partial charge is 0.367 e. The van der Waals surface area contributed by atoms with Gasteiger partial charge in [-0.15, -0.1) is 0 Å². The van der Waals surface area contributed by atoms with Gasteiger partial charge >= 0.3 is 6.18 Å². The van der Waals surface area contributed by atoms with Crippen LogP contribution in [0.5, 0.6) is 0 Å². The highest BCUT2D eigenvalue weighted by atomic mass is 19.4. The number of aromatic amines is 1. The average Bonchev–Trinajstić information content (AvgIpc) is 2.73. The van der Waals surface area contributed by atoms with Crippen molar-refractivity contribution in [2.45, 2.75) is 32.1 Å². The quantitative estimate of drug-likeness (QED) is 0.674. The number of amides is 1. The minimum Gasteiger partial charge on any atom is -0.367 e. The molecule has 1 fully saturated rings. The van der Waals surface area contributed by atoms with Crippen LogP contribution in [0.3, 0.4) is 0 Å². The molecule has 0 saturated carbocycles. The molecule has 1 aliphatic heterocycles. The SMILES string of the molecule is CC1CN(c2ccc(C(F)(F)F)cc2)CC(C)N1C(=O)c1n[nH]c(=O)c2ccccc12. The Balaban J connectivity index is 1.58. The number of H-pyrrole nitrogens is 1. The Morgan fingerprint density at radius 1 is 1.00 bits per heavy atom. The molecule has 1 aliphatic rings. The second-order valence-corrected chi connectivity index (χ2v) is 7.81. The Hall–Kier alpha value is -3.36. The van der Waals surface area contributed by atoms with E-state index in [1.807, 2.05) is 18.7 Å². The summed E-state index contributed by atoms with van der Waals surface area (Å²) < 4.78 is 38.5. The molecule has 2 unspecified atom stereocenters. The Kier molecular flexibility index (Phi) is 5.20. The Morgan fingerprint density at radius 2 is 1.58 bits per heavy atom. The van der Waals surface area contributed by atoms with Gasteiger partial charge in [0.05, 0.1) is 10.9 Å². The topological polar surface area (TPSA) is 69.3 Å². The summed E-state index contributed by atoms with van der Waals surface area (Å²) in [4.78, 5) is 29.1. The van der Waals surface area contributed by atoms with Gasteiger partial charge in [-0.2, -0.15) is 18.3 Å². The van der Waals surface area contributed by atoms with Crippen LogP contribution in [0.1, 0.15) is 29.9 Å². The first-order chi connectivity index (χ1) is 14.7. The molecule has 3 aromatic rings. The summed E-state index contributed by atoms with van der Waals surface area (Å²) in [6.45, 7) is 4.70. The van der Waals surface area contributed by atoms with Crippen molar-refractivity contribution < 1.29 is 18.0 Å². The molecule has 0 radical (unpaired) electrons. The second-order valence-electron chi connectivity index (χ2n) is 7.81. The first kappa shape index (κ1) is 20.9. The molecule has 162 valence electrons. The maximum absolute atomic E-state index is 13.3. The molecule has 2 aromatic carbocycles. The number of aromatic nitrogens is 2. The molecular formula is C22H21F3N4O2. The van der Waals surface area contributed by atoms with E-state index < -0.39 is 11.7 Å². The molecular weight excluding hydrogens is 409 g/mol. The van der Waals surface area contributed by atoms with E-state index in [1.54, 1.807) is 29.2 Å². The van der Waals surface area contributed by atoms with Crippen molar-refractivity contribution in [1.82, 2.24) is 15.1 Å². The molecule has 1 aromatic heterocycles. The Morgan fingerprint density at radius 3 is 2.16 bits per heavy atom. The molecule has 1 saturated heterocycles.